The van der Waals surface area contributed by atoms with Gasteiger partial charge in [-0.3, -0.25) is 9.97 Å². The zero-order chi connectivity index (χ0) is 17.3. The van der Waals surface area contributed by atoms with E-state index in [0.29, 0.717) is 0 Å². The van der Waals surface area contributed by atoms with Crippen molar-refractivity contribution in [2.45, 2.75) is 0 Å². The Balaban J connectivity index is 1.65. The molecule has 0 aliphatic rings. The van der Waals surface area contributed by atoms with Crippen LogP contribution in [0.1, 0.15) is 0 Å². The highest BCUT2D eigenvalue weighted by Crippen LogP contribution is 2.36. The number of aromatic nitrogens is 4. The van der Waals surface area contributed by atoms with E-state index >= 15 is 0 Å². The van der Waals surface area contributed by atoms with E-state index < -0.39 is 0 Å². The summed E-state index contributed by atoms with van der Waals surface area (Å²) >= 11 is 3.34. The third kappa shape index (κ3) is 2.69. The van der Waals surface area contributed by atoms with Gasteiger partial charge in [-0.05, 0) is 41.8 Å². The summed E-state index contributed by atoms with van der Waals surface area (Å²) in [6.07, 6.45) is 7.29. The molecule has 5 aromatic rings. The fourth-order valence-corrected chi connectivity index (χ4v) is 4.49. The average Bonchev–Trinajstić information content (AvgIpc) is 3.38. The Morgan fingerprint density at radius 2 is 1.85 bits per heavy atom. The molecular weight excluding hydrogens is 360 g/mol. The third-order valence-corrected chi connectivity index (χ3v) is 5.96. The van der Waals surface area contributed by atoms with E-state index in [1.54, 1.807) is 35.1 Å². The number of pyridine rings is 3. The number of fused-ring (bicyclic) bond motifs is 1. The number of hydrogen-bond acceptors (Lipinski definition) is 6. The molecule has 5 heterocycles. The second-order valence-corrected chi connectivity index (χ2v) is 7.65. The van der Waals surface area contributed by atoms with Gasteiger partial charge in [-0.2, -0.15) is 0 Å². The van der Waals surface area contributed by atoms with Crippen molar-refractivity contribution < 1.29 is 0 Å². The maximum atomic E-state index is 4.92. The number of nitrogens with zero attached hydrogens (tertiary/aromatic N) is 4. The first-order chi connectivity index (χ1) is 12.9. The number of rotatable bonds is 3. The highest BCUT2D eigenvalue weighted by Gasteiger charge is 2.14. The quantitative estimate of drug-likeness (QED) is 0.417. The van der Waals surface area contributed by atoms with Gasteiger partial charge in [0.05, 0.1) is 22.0 Å². The van der Waals surface area contributed by atoms with Gasteiger partial charge in [-0.25, -0.2) is 9.97 Å². The molecule has 0 radical (unpaired) electrons. The molecule has 0 fully saturated rings. The van der Waals surface area contributed by atoms with Crippen molar-refractivity contribution >= 4 is 32.8 Å². The Morgan fingerprint density at radius 1 is 0.846 bits per heavy atom. The van der Waals surface area contributed by atoms with Gasteiger partial charge in [0.25, 0.3) is 0 Å². The molecule has 0 unspecified atom stereocenters. The van der Waals surface area contributed by atoms with Crippen molar-refractivity contribution in [1.29, 1.82) is 0 Å². The van der Waals surface area contributed by atoms with Crippen LogP contribution in [0.2, 0.25) is 0 Å². The van der Waals surface area contributed by atoms with Crippen LogP contribution in [0.5, 0.6) is 0 Å². The molecule has 0 bridgehead atoms. The van der Waals surface area contributed by atoms with Crippen LogP contribution < -0.4 is 0 Å². The summed E-state index contributed by atoms with van der Waals surface area (Å²) in [7, 11) is 0. The predicted octanol–water partition coefficient (Wildman–Crippen LogP) is 5.54. The van der Waals surface area contributed by atoms with E-state index in [4.69, 9.17) is 4.98 Å². The Labute approximate surface area is 157 Å². The van der Waals surface area contributed by atoms with Crippen molar-refractivity contribution in [3.05, 3.63) is 72.6 Å². The van der Waals surface area contributed by atoms with Crippen LogP contribution in [0.4, 0.5) is 0 Å². The van der Waals surface area contributed by atoms with Crippen LogP contribution >= 0.6 is 22.7 Å². The minimum absolute atomic E-state index is 0.884. The van der Waals surface area contributed by atoms with E-state index in [1.807, 2.05) is 42.7 Å². The van der Waals surface area contributed by atoms with E-state index in [1.165, 1.54) is 4.70 Å². The molecule has 0 N–H and O–H groups in total. The van der Waals surface area contributed by atoms with Crippen molar-refractivity contribution in [2.75, 3.05) is 0 Å². The SMILES string of the molecule is c1ccc(-c2nc(-c3cnc(-c4cccnc4)s3)cc3sccc23)nc1. The molecule has 0 aromatic carbocycles. The molecule has 0 spiro atoms. The Kier molecular flexibility index (Phi) is 3.77. The molecule has 0 aliphatic carbocycles. The van der Waals surface area contributed by atoms with Crippen molar-refractivity contribution in [2.24, 2.45) is 0 Å². The number of thiazole rings is 1. The summed E-state index contributed by atoms with van der Waals surface area (Å²) in [5.74, 6) is 0. The van der Waals surface area contributed by atoms with E-state index in [-0.39, 0.29) is 0 Å². The zero-order valence-corrected chi connectivity index (χ0v) is 15.2. The second kappa shape index (κ2) is 6.40. The molecule has 6 heteroatoms. The number of thiophene rings is 1. The third-order valence-electron chi connectivity index (χ3n) is 4.02. The summed E-state index contributed by atoms with van der Waals surface area (Å²) in [5.41, 5.74) is 3.74. The zero-order valence-electron chi connectivity index (χ0n) is 13.5. The maximum Gasteiger partial charge on any atom is 0.125 e. The standard InChI is InChI=1S/C20H12N4S2/c1-2-8-22-15(5-1)19-14-6-9-25-17(14)10-16(24-19)18-12-23-20(26-18)13-4-3-7-21-11-13/h1-12H. The molecule has 0 saturated carbocycles. The maximum absolute atomic E-state index is 4.92. The van der Waals surface area contributed by atoms with Gasteiger partial charge in [0, 0.05) is 40.4 Å². The molecular formula is C20H12N4S2. The van der Waals surface area contributed by atoms with Crippen molar-refractivity contribution in [3.63, 3.8) is 0 Å². The minimum Gasteiger partial charge on any atom is -0.264 e. The molecule has 4 nitrogen and oxygen atoms in total. The van der Waals surface area contributed by atoms with Crippen LogP contribution in [0.3, 0.4) is 0 Å². The van der Waals surface area contributed by atoms with Gasteiger partial charge < -0.3 is 0 Å². The van der Waals surface area contributed by atoms with Gasteiger partial charge in [0.1, 0.15) is 5.01 Å². The molecule has 5 aromatic heterocycles. The van der Waals surface area contributed by atoms with Crippen LogP contribution in [0.15, 0.2) is 72.6 Å². The fourth-order valence-electron chi connectivity index (χ4n) is 2.81. The highest BCUT2D eigenvalue weighted by molar-refractivity contribution is 7.18. The van der Waals surface area contributed by atoms with Crippen LogP contribution in [-0.2, 0) is 0 Å². The summed E-state index contributed by atoms with van der Waals surface area (Å²) in [5, 5.41) is 4.17. The highest BCUT2D eigenvalue weighted by atomic mass is 32.1. The fraction of sp³-hybridized carbons (Fsp3) is 0. The summed E-state index contributed by atoms with van der Waals surface area (Å²) in [4.78, 5) is 19.2. The Hall–Kier alpha value is -2.96. The average molecular weight is 372 g/mol. The first kappa shape index (κ1) is 15.3. The first-order valence-corrected chi connectivity index (χ1v) is 9.74. The molecule has 124 valence electrons. The lowest BCUT2D eigenvalue weighted by Crippen LogP contribution is -1.89. The largest absolute Gasteiger partial charge is 0.264 e. The van der Waals surface area contributed by atoms with Crippen LogP contribution in [-0.4, -0.2) is 19.9 Å². The number of hydrogen-bond donors (Lipinski definition) is 0. The van der Waals surface area contributed by atoms with Gasteiger partial charge in [0.2, 0.25) is 0 Å². The smallest absolute Gasteiger partial charge is 0.125 e. The van der Waals surface area contributed by atoms with Gasteiger partial charge in [0.15, 0.2) is 0 Å². The molecule has 0 amide bonds. The minimum atomic E-state index is 0.884. The second-order valence-electron chi connectivity index (χ2n) is 5.67. The van der Waals surface area contributed by atoms with E-state index in [9.17, 15) is 0 Å². The first-order valence-electron chi connectivity index (χ1n) is 8.05. The molecule has 5 rings (SSSR count). The van der Waals surface area contributed by atoms with Gasteiger partial charge in [-0.15, -0.1) is 22.7 Å². The predicted molar refractivity (Wildman–Crippen MR) is 107 cm³/mol. The van der Waals surface area contributed by atoms with Crippen LogP contribution in [0.25, 0.3) is 42.6 Å². The molecule has 26 heavy (non-hydrogen) atoms. The Bertz CT molecular complexity index is 1180. The lowest BCUT2D eigenvalue weighted by molar-refractivity contribution is 1.27. The Morgan fingerprint density at radius 3 is 2.69 bits per heavy atom. The van der Waals surface area contributed by atoms with Crippen molar-refractivity contribution in [3.8, 4) is 32.5 Å². The lowest BCUT2D eigenvalue weighted by Gasteiger charge is -2.05. The topological polar surface area (TPSA) is 51.6 Å². The van der Waals surface area contributed by atoms with Crippen LogP contribution in [0, 0.1) is 0 Å². The van der Waals surface area contributed by atoms with E-state index in [2.05, 4.69) is 32.5 Å². The lowest BCUT2D eigenvalue weighted by atomic mass is 10.1. The molecule has 0 aliphatic heterocycles. The summed E-state index contributed by atoms with van der Waals surface area (Å²) < 4.78 is 1.20. The summed E-state index contributed by atoms with van der Waals surface area (Å²) in [6.45, 7) is 0. The summed E-state index contributed by atoms with van der Waals surface area (Å²) in [6, 6.07) is 14.1. The van der Waals surface area contributed by atoms with Gasteiger partial charge in [-0.1, -0.05) is 6.07 Å². The molecule has 0 saturated heterocycles. The van der Waals surface area contributed by atoms with Gasteiger partial charge >= 0.3 is 0 Å². The normalized spacial score (nSPS) is 11.1. The van der Waals surface area contributed by atoms with E-state index in [0.717, 1.165) is 37.9 Å². The van der Waals surface area contributed by atoms with Crippen molar-refractivity contribution in [1.82, 2.24) is 19.9 Å². The molecule has 0 atom stereocenters. The monoisotopic (exact) mass is 372 g/mol.